The van der Waals surface area contributed by atoms with Crippen LogP contribution in [-0.2, 0) is 0 Å². The van der Waals surface area contributed by atoms with Crippen molar-refractivity contribution in [3.05, 3.63) is 48.2 Å². The molecular weight excluding hydrogens is 180 g/mol. The second-order valence-electron chi connectivity index (χ2n) is 2.59. The summed E-state index contributed by atoms with van der Waals surface area (Å²) in [6.45, 7) is 3.35. The Balaban J connectivity index is 3.12. The van der Waals surface area contributed by atoms with Gasteiger partial charge < -0.3 is 11.1 Å². The molecular formula is C10H10N2O2. The average molecular weight is 190 g/mol. The minimum atomic E-state index is -0.625. The summed E-state index contributed by atoms with van der Waals surface area (Å²) in [6.07, 6.45) is 1.25. The van der Waals surface area contributed by atoms with Crippen LogP contribution in [0.15, 0.2) is 37.0 Å². The van der Waals surface area contributed by atoms with Crippen LogP contribution in [0.3, 0.4) is 0 Å². The number of carbonyl (C=O) groups is 2. The second kappa shape index (κ2) is 4.23. The average Bonchev–Trinajstić information content (AvgIpc) is 2.18. The largest absolute Gasteiger partial charge is 0.366 e. The molecule has 0 saturated carbocycles. The van der Waals surface area contributed by atoms with Crippen LogP contribution in [0.2, 0.25) is 0 Å². The third-order valence-electron chi connectivity index (χ3n) is 1.67. The van der Waals surface area contributed by atoms with Crippen LogP contribution in [-0.4, -0.2) is 11.8 Å². The summed E-state index contributed by atoms with van der Waals surface area (Å²) in [5, 5.41) is 2.37. The predicted molar refractivity (Wildman–Crippen MR) is 52.6 cm³/mol. The topological polar surface area (TPSA) is 72.2 Å². The van der Waals surface area contributed by atoms with Crippen LogP contribution < -0.4 is 11.1 Å². The van der Waals surface area contributed by atoms with Crippen LogP contribution >= 0.6 is 0 Å². The number of carbonyl (C=O) groups excluding carboxylic acids is 2. The van der Waals surface area contributed by atoms with Gasteiger partial charge in [-0.15, -0.1) is 0 Å². The lowest BCUT2D eigenvalue weighted by Crippen LogP contribution is -2.22. The van der Waals surface area contributed by atoms with Gasteiger partial charge in [0.05, 0.1) is 11.1 Å². The van der Waals surface area contributed by atoms with Crippen molar-refractivity contribution < 1.29 is 9.59 Å². The highest BCUT2D eigenvalue weighted by molar-refractivity contribution is 6.06. The maximum atomic E-state index is 11.4. The number of nitrogens with two attached hydrogens (primary N) is 1. The third-order valence-corrected chi connectivity index (χ3v) is 1.67. The van der Waals surface area contributed by atoms with E-state index in [9.17, 15) is 9.59 Å². The maximum Gasteiger partial charge on any atom is 0.255 e. The van der Waals surface area contributed by atoms with Gasteiger partial charge in [0.25, 0.3) is 5.91 Å². The molecule has 0 aliphatic rings. The third kappa shape index (κ3) is 1.98. The molecule has 1 aromatic rings. The molecule has 2 amide bonds. The zero-order valence-corrected chi connectivity index (χ0v) is 7.49. The van der Waals surface area contributed by atoms with Gasteiger partial charge in [-0.05, 0) is 18.3 Å². The summed E-state index contributed by atoms with van der Waals surface area (Å²) in [7, 11) is 0. The number of amides is 2. The Morgan fingerprint density at radius 3 is 2.36 bits per heavy atom. The Hall–Kier alpha value is -2.10. The minimum Gasteiger partial charge on any atom is -0.366 e. The molecule has 0 spiro atoms. The van der Waals surface area contributed by atoms with E-state index < -0.39 is 11.8 Å². The van der Waals surface area contributed by atoms with Crippen LogP contribution in [0.5, 0.6) is 0 Å². The zero-order chi connectivity index (χ0) is 10.6. The molecule has 3 N–H and O–H groups in total. The molecule has 0 fully saturated rings. The van der Waals surface area contributed by atoms with Gasteiger partial charge in [-0.2, -0.15) is 0 Å². The van der Waals surface area contributed by atoms with Crippen molar-refractivity contribution in [2.75, 3.05) is 0 Å². The van der Waals surface area contributed by atoms with Crippen molar-refractivity contribution in [2.45, 2.75) is 0 Å². The number of rotatable bonds is 3. The molecule has 14 heavy (non-hydrogen) atoms. The van der Waals surface area contributed by atoms with Crippen LogP contribution in [0.25, 0.3) is 0 Å². The fourth-order valence-electron chi connectivity index (χ4n) is 1.07. The van der Waals surface area contributed by atoms with Gasteiger partial charge in [0.1, 0.15) is 0 Å². The normalized spacial score (nSPS) is 9.14. The zero-order valence-electron chi connectivity index (χ0n) is 7.49. The predicted octanol–water partition coefficient (Wildman–Crippen LogP) is 0.659. The van der Waals surface area contributed by atoms with E-state index in [-0.39, 0.29) is 11.1 Å². The highest BCUT2D eigenvalue weighted by atomic mass is 16.2. The van der Waals surface area contributed by atoms with Crippen molar-refractivity contribution >= 4 is 11.8 Å². The van der Waals surface area contributed by atoms with Crippen LogP contribution in [0.1, 0.15) is 20.7 Å². The van der Waals surface area contributed by atoms with Gasteiger partial charge in [-0.3, -0.25) is 9.59 Å². The molecule has 1 aromatic carbocycles. The Labute approximate surface area is 81.4 Å². The molecule has 0 radical (unpaired) electrons. The summed E-state index contributed by atoms with van der Waals surface area (Å²) < 4.78 is 0. The number of hydrogen-bond donors (Lipinski definition) is 2. The first-order valence-corrected chi connectivity index (χ1v) is 3.97. The summed E-state index contributed by atoms with van der Waals surface area (Å²) in [5.74, 6) is -1.02. The molecule has 0 unspecified atom stereocenters. The Morgan fingerprint density at radius 1 is 1.29 bits per heavy atom. The highest BCUT2D eigenvalue weighted by Gasteiger charge is 2.12. The van der Waals surface area contributed by atoms with E-state index in [0.717, 1.165) is 0 Å². The molecule has 4 heteroatoms. The molecule has 0 saturated heterocycles. The lowest BCUT2D eigenvalue weighted by molar-refractivity contribution is 0.0948. The van der Waals surface area contributed by atoms with E-state index in [4.69, 9.17) is 5.73 Å². The summed E-state index contributed by atoms with van der Waals surface area (Å²) >= 11 is 0. The van der Waals surface area contributed by atoms with Crippen LogP contribution in [0, 0.1) is 0 Å². The molecule has 0 aliphatic carbocycles. The smallest absolute Gasteiger partial charge is 0.255 e. The van der Waals surface area contributed by atoms with Crippen molar-refractivity contribution in [1.82, 2.24) is 5.32 Å². The maximum absolute atomic E-state index is 11.4. The van der Waals surface area contributed by atoms with E-state index in [1.165, 1.54) is 18.3 Å². The van der Waals surface area contributed by atoms with Crippen LogP contribution in [0.4, 0.5) is 0 Å². The highest BCUT2D eigenvalue weighted by Crippen LogP contribution is 2.07. The van der Waals surface area contributed by atoms with Crippen molar-refractivity contribution in [3.63, 3.8) is 0 Å². The molecule has 72 valence electrons. The van der Waals surface area contributed by atoms with Gasteiger partial charge >= 0.3 is 0 Å². The Kier molecular flexibility index (Phi) is 3.01. The molecule has 0 atom stereocenters. The van der Waals surface area contributed by atoms with E-state index in [2.05, 4.69) is 11.9 Å². The molecule has 0 aromatic heterocycles. The molecule has 1 rings (SSSR count). The first-order chi connectivity index (χ1) is 6.66. The van der Waals surface area contributed by atoms with E-state index in [1.54, 1.807) is 12.1 Å². The van der Waals surface area contributed by atoms with E-state index in [0.29, 0.717) is 0 Å². The number of hydrogen-bond acceptors (Lipinski definition) is 2. The Bertz CT molecular complexity index is 385. The second-order valence-corrected chi connectivity index (χ2v) is 2.59. The van der Waals surface area contributed by atoms with Crippen molar-refractivity contribution in [1.29, 1.82) is 0 Å². The fraction of sp³-hybridized carbons (Fsp3) is 0. The van der Waals surface area contributed by atoms with E-state index >= 15 is 0 Å². The summed E-state index contributed by atoms with van der Waals surface area (Å²) in [4.78, 5) is 22.3. The fourth-order valence-corrected chi connectivity index (χ4v) is 1.07. The monoisotopic (exact) mass is 190 g/mol. The minimum absolute atomic E-state index is 0.201. The van der Waals surface area contributed by atoms with Crippen molar-refractivity contribution in [2.24, 2.45) is 5.73 Å². The van der Waals surface area contributed by atoms with Gasteiger partial charge in [0.15, 0.2) is 0 Å². The number of nitrogens with one attached hydrogen (secondary N) is 1. The molecule has 0 heterocycles. The standard InChI is InChI=1S/C10H10N2O2/c1-2-12-10(14)8-6-4-3-5-7(8)9(11)13/h2-6H,1H2,(H2,11,13)(H,12,14). The quantitative estimate of drug-likeness (QED) is 0.734. The Morgan fingerprint density at radius 2 is 1.86 bits per heavy atom. The molecule has 0 aliphatic heterocycles. The van der Waals surface area contributed by atoms with Gasteiger partial charge in [-0.25, -0.2) is 0 Å². The number of primary amides is 1. The van der Waals surface area contributed by atoms with E-state index in [1.807, 2.05) is 0 Å². The lowest BCUT2D eigenvalue weighted by atomic mass is 10.1. The lowest BCUT2D eigenvalue weighted by Gasteiger charge is -2.04. The first-order valence-electron chi connectivity index (χ1n) is 3.97. The molecule has 4 nitrogen and oxygen atoms in total. The van der Waals surface area contributed by atoms with Gasteiger partial charge in [-0.1, -0.05) is 18.7 Å². The van der Waals surface area contributed by atoms with Crippen molar-refractivity contribution in [3.8, 4) is 0 Å². The van der Waals surface area contributed by atoms with Gasteiger partial charge in [0.2, 0.25) is 5.91 Å². The molecule has 0 bridgehead atoms. The summed E-state index contributed by atoms with van der Waals surface area (Å²) in [6, 6.07) is 6.33. The number of benzene rings is 1. The summed E-state index contributed by atoms with van der Waals surface area (Å²) in [5.41, 5.74) is 5.55. The van der Waals surface area contributed by atoms with Gasteiger partial charge in [0, 0.05) is 0 Å². The first kappa shape index (κ1) is 9.98. The SMILES string of the molecule is C=CNC(=O)c1ccccc1C(N)=O.